The number of amides is 1. The lowest BCUT2D eigenvalue weighted by atomic mass is 10.1. The van der Waals surface area contributed by atoms with E-state index in [0.717, 1.165) is 16.8 Å². The van der Waals surface area contributed by atoms with Gasteiger partial charge in [0.25, 0.3) is 5.91 Å². The quantitative estimate of drug-likeness (QED) is 0.664. The van der Waals surface area contributed by atoms with Gasteiger partial charge in [0, 0.05) is 18.2 Å². The number of nitrogens with two attached hydrogens (primary N) is 1. The molecule has 3 aromatic rings. The number of pyridine rings is 1. The summed E-state index contributed by atoms with van der Waals surface area (Å²) in [7, 11) is -2.88. The fraction of sp³-hybridized carbons (Fsp3) is 0.278. The molecule has 9 heteroatoms. The molecule has 139 valence electrons. The Kier molecular flexibility index (Phi) is 4.40. The Hall–Kier alpha value is -2.78. The van der Waals surface area contributed by atoms with Gasteiger partial charge in [0.1, 0.15) is 0 Å². The number of nitrogens with zero attached hydrogens (tertiary/aromatic N) is 3. The second-order valence-electron chi connectivity index (χ2n) is 6.62. The molecule has 1 radical (unpaired) electrons. The van der Waals surface area contributed by atoms with E-state index in [1.807, 2.05) is 24.3 Å². The second kappa shape index (κ2) is 6.75. The number of aromatic nitrogens is 3. The third kappa shape index (κ3) is 3.56. The molecule has 0 saturated carbocycles. The zero-order valence-electron chi connectivity index (χ0n) is 14.4. The standard InChI is InChI=1S/C18H18N5O3S/c19-17(24)15-5-6-16(23-18(15)21-11-22-23)13-3-1-12(2-4-13)9-20-14-7-8-27(25,26)10-14/h1-6,14,20H,7-10H2,(H2,19,24). The van der Waals surface area contributed by atoms with Gasteiger partial charge >= 0.3 is 0 Å². The summed E-state index contributed by atoms with van der Waals surface area (Å²) in [5.41, 5.74) is 8.76. The Morgan fingerprint density at radius 3 is 2.70 bits per heavy atom. The van der Waals surface area contributed by atoms with Crippen LogP contribution in [-0.2, 0) is 16.4 Å². The summed E-state index contributed by atoms with van der Waals surface area (Å²) < 4.78 is 24.6. The van der Waals surface area contributed by atoms with Gasteiger partial charge in [-0.1, -0.05) is 24.3 Å². The van der Waals surface area contributed by atoms with Crippen molar-refractivity contribution in [2.24, 2.45) is 5.73 Å². The summed E-state index contributed by atoms with van der Waals surface area (Å²) in [4.78, 5) is 15.5. The van der Waals surface area contributed by atoms with Crippen molar-refractivity contribution in [3.8, 4) is 11.3 Å². The Morgan fingerprint density at radius 1 is 1.26 bits per heavy atom. The molecular weight excluding hydrogens is 366 g/mol. The molecule has 0 spiro atoms. The molecule has 8 nitrogen and oxygen atoms in total. The molecule has 3 N–H and O–H groups in total. The van der Waals surface area contributed by atoms with Crippen LogP contribution in [0.2, 0.25) is 0 Å². The van der Waals surface area contributed by atoms with E-state index in [2.05, 4.69) is 21.7 Å². The maximum absolute atomic E-state index is 11.5. The highest BCUT2D eigenvalue weighted by Gasteiger charge is 2.27. The largest absolute Gasteiger partial charge is 0.365 e. The summed E-state index contributed by atoms with van der Waals surface area (Å²) in [6.45, 7) is 0.605. The number of fused-ring (bicyclic) bond motifs is 1. The van der Waals surface area contributed by atoms with Crippen LogP contribution < -0.4 is 11.1 Å². The summed E-state index contributed by atoms with van der Waals surface area (Å²) in [6.07, 6.45) is 3.17. The molecular formula is C18H18N5O3S. The minimum atomic E-state index is -2.88. The minimum absolute atomic E-state index is 0.0151. The first kappa shape index (κ1) is 17.6. The van der Waals surface area contributed by atoms with Crippen molar-refractivity contribution in [1.82, 2.24) is 19.9 Å². The molecule has 0 bridgehead atoms. The number of carbonyl (C=O) groups excluding carboxylic acids is 1. The SMILES string of the molecule is NC(=O)c1ccc(-c2ccc(CNC3CCS(=O)(=O)C3)cc2)n2n[c]nc12. The highest BCUT2D eigenvalue weighted by atomic mass is 32.2. The predicted octanol–water partition coefficient (Wildman–Crippen LogP) is 0.572. The monoisotopic (exact) mass is 384 g/mol. The summed E-state index contributed by atoms with van der Waals surface area (Å²) in [5.74, 6) is -0.100. The number of carbonyl (C=O) groups is 1. The maximum atomic E-state index is 11.5. The molecule has 4 rings (SSSR count). The molecule has 0 aliphatic carbocycles. The van der Waals surface area contributed by atoms with Gasteiger partial charge < -0.3 is 11.1 Å². The van der Waals surface area contributed by atoms with E-state index in [0.29, 0.717) is 24.2 Å². The number of primary amides is 1. The molecule has 1 aromatic carbocycles. The zero-order chi connectivity index (χ0) is 19.0. The lowest BCUT2D eigenvalue weighted by Crippen LogP contribution is -2.29. The van der Waals surface area contributed by atoms with Crippen molar-refractivity contribution in [3.05, 3.63) is 53.9 Å². The molecule has 1 aliphatic heterocycles. The van der Waals surface area contributed by atoms with Crippen LogP contribution in [0.15, 0.2) is 36.4 Å². The van der Waals surface area contributed by atoms with E-state index in [-0.39, 0.29) is 17.5 Å². The first-order valence-electron chi connectivity index (χ1n) is 8.52. The van der Waals surface area contributed by atoms with Crippen LogP contribution in [0.5, 0.6) is 0 Å². The molecule has 1 atom stereocenters. The highest BCUT2D eigenvalue weighted by molar-refractivity contribution is 7.91. The maximum Gasteiger partial charge on any atom is 0.252 e. The molecule has 1 saturated heterocycles. The molecule has 1 unspecified atom stereocenters. The van der Waals surface area contributed by atoms with E-state index < -0.39 is 15.7 Å². The summed E-state index contributed by atoms with van der Waals surface area (Å²) >= 11 is 0. The Labute approximate surface area is 156 Å². The first-order valence-corrected chi connectivity index (χ1v) is 10.3. The van der Waals surface area contributed by atoms with Crippen molar-refractivity contribution in [2.45, 2.75) is 19.0 Å². The van der Waals surface area contributed by atoms with Crippen LogP contribution in [-0.4, -0.2) is 46.5 Å². The summed E-state index contributed by atoms with van der Waals surface area (Å²) in [5, 5.41) is 7.36. The highest BCUT2D eigenvalue weighted by Crippen LogP contribution is 2.22. The van der Waals surface area contributed by atoms with Crippen molar-refractivity contribution >= 4 is 21.4 Å². The van der Waals surface area contributed by atoms with Crippen LogP contribution >= 0.6 is 0 Å². The third-order valence-corrected chi connectivity index (χ3v) is 6.49. The van der Waals surface area contributed by atoms with Crippen molar-refractivity contribution in [3.63, 3.8) is 0 Å². The van der Waals surface area contributed by atoms with Crippen LogP contribution in [0.3, 0.4) is 0 Å². The zero-order valence-corrected chi connectivity index (χ0v) is 15.2. The average molecular weight is 384 g/mol. The van der Waals surface area contributed by atoms with Crippen LogP contribution in [0.25, 0.3) is 16.9 Å². The van der Waals surface area contributed by atoms with Gasteiger partial charge in [0.2, 0.25) is 6.33 Å². The Bertz CT molecular complexity index is 1110. The lowest BCUT2D eigenvalue weighted by molar-refractivity contribution is 0.100. The normalized spacial score (nSPS) is 18.7. The van der Waals surface area contributed by atoms with E-state index >= 15 is 0 Å². The minimum Gasteiger partial charge on any atom is -0.365 e. The van der Waals surface area contributed by atoms with Crippen molar-refractivity contribution < 1.29 is 13.2 Å². The molecule has 3 heterocycles. The number of rotatable bonds is 5. The van der Waals surface area contributed by atoms with Gasteiger partial charge in [-0.15, -0.1) is 5.10 Å². The van der Waals surface area contributed by atoms with Crippen molar-refractivity contribution in [2.75, 3.05) is 11.5 Å². The second-order valence-corrected chi connectivity index (χ2v) is 8.85. The number of nitrogens with one attached hydrogen (secondary N) is 1. The lowest BCUT2D eigenvalue weighted by Gasteiger charge is -2.11. The first-order chi connectivity index (χ1) is 12.9. The van der Waals surface area contributed by atoms with Gasteiger partial charge in [-0.05, 0) is 24.1 Å². The van der Waals surface area contributed by atoms with E-state index in [4.69, 9.17) is 5.73 Å². The predicted molar refractivity (Wildman–Crippen MR) is 99.7 cm³/mol. The molecule has 2 aromatic heterocycles. The van der Waals surface area contributed by atoms with Crippen LogP contribution in [0, 0.1) is 6.33 Å². The van der Waals surface area contributed by atoms with Gasteiger partial charge in [-0.25, -0.2) is 17.9 Å². The molecule has 27 heavy (non-hydrogen) atoms. The fourth-order valence-electron chi connectivity index (χ4n) is 3.28. The van der Waals surface area contributed by atoms with Gasteiger partial charge in [-0.3, -0.25) is 4.79 Å². The Morgan fingerprint density at radius 2 is 2.04 bits per heavy atom. The van der Waals surface area contributed by atoms with E-state index in [1.54, 1.807) is 12.1 Å². The van der Waals surface area contributed by atoms with Crippen molar-refractivity contribution in [1.29, 1.82) is 0 Å². The fourth-order valence-corrected chi connectivity index (χ4v) is 4.99. The van der Waals surface area contributed by atoms with E-state index in [1.165, 1.54) is 4.52 Å². The number of hydrogen-bond donors (Lipinski definition) is 2. The van der Waals surface area contributed by atoms with Crippen LogP contribution in [0.1, 0.15) is 22.3 Å². The topological polar surface area (TPSA) is 119 Å². The van der Waals surface area contributed by atoms with Gasteiger partial charge in [0.15, 0.2) is 15.5 Å². The third-order valence-electron chi connectivity index (χ3n) is 4.72. The van der Waals surface area contributed by atoms with Crippen LogP contribution in [0.4, 0.5) is 0 Å². The average Bonchev–Trinajstić information content (AvgIpc) is 3.26. The van der Waals surface area contributed by atoms with E-state index in [9.17, 15) is 13.2 Å². The molecule has 1 amide bonds. The van der Waals surface area contributed by atoms with Gasteiger partial charge in [0.05, 0.1) is 22.8 Å². The smallest absolute Gasteiger partial charge is 0.252 e. The number of benzene rings is 1. The summed E-state index contributed by atoms with van der Waals surface area (Å²) in [6, 6.07) is 11.3. The number of sulfone groups is 1. The molecule has 1 fully saturated rings. The molecule has 1 aliphatic rings. The van der Waals surface area contributed by atoms with Gasteiger partial charge in [-0.2, -0.15) is 0 Å². The Balaban J connectivity index is 1.53. The number of hydrogen-bond acceptors (Lipinski definition) is 6.